The molecule has 0 aliphatic carbocycles. The SMILES string of the molecule is Cc1ccc(C(=N)c2c(O)[nH]c3ccccc23)cc1. The standard InChI is InChI=1S/C16H14N2O/c1-10-6-8-11(9-7-10)15(17)14-12-4-2-3-5-13(12)18-16(14)19/h2-9,17-19H,1H3. The topological polar surface area (TPSA) is 59.9 Å². The van der Waals surface area contributed by atoms with Crippen LogP contribution < -0.4 is 0 Å². The third-order valence-corrected chi connectivity index (χ3v) is 3.28. The lowest BCUT2D eigenvalue weighted by Gasteiger charge is -2.04. The molecule has 0 aliphatic rings. The van der Waals surface area contributed by atoms with Gasteiger partial charge < -0.3 is 10.1 Å². The number of aromatic amines is 1. The van der Waals surface area contributed by atoms with E-state index in [0.29, 0.717) is 11.3 Å². The lowest BCUT2D eigenvalue weighted by atomic mass is 10.0. The molecule has 0 saturated heterocycles. The lowest BCUT2D eigenvalue weighted by Crippen LogP contribution is -2.00. The Morgan fingerprint density at radius 3 is 2.47 bits per heavy atom. The summed E-state index contributed by atoms with van der Waals surface area (Å²) < 4.78 is 0. The zero-order valence-corrected chi connectivity index (χ0v) is 10.6. The average Bonchev–Trinajstić information content (AvgIpc) is 2.74. The average molecular weight is 250 g/mol. The molecular formula is C16H14N2O. The first kappa shape index (κ1) is 11.5. The Bertz CT molecular complexity index is 754. The zero-order chi connectivity index (χ0) is 13.4. The van der Waals surface area contributed by atoms with Crippen LogP contribution in [0.15, 0.2) is 48.5 Å². The van der Waals surface area contributed by atoms with E-state index in [4.69, 9.17) is 5.41 Å². The van der Waals surface area contributed by atoms with E-state index >= 15 is 0 Å². The number of fused-ring (bicyclic) bond motifs is 1. The number of hydrogen-bond acceptors (Lipinski definition) is 2. The number of para-hydroxylation sites is 1. The van der Waals surface area contributed by atoms with Gasteiger partial charge >= 0.3 is 0 Å². The van der Waals surface area contributed by atoms with Crippen LogP contribution in [0, 0.1) is 12.3 Å². The van der Waals surface area contributed by atoms with E-state index in [-0.39, 0.29) is 5.88 Å². The minimum atomic E-state index is 0.0479. The maximum absolute atomic E-state index is 10.0. The molecule has 0 bridgehead atoms. The van der Waals surface area contributed by atoms with Gasteiger partial charge in [-0.1, -0.05) is 48.0 Å². The summed E-state index contributed by atoms with van der Waals surface area (Å²) in [6.45, 7) is 2.01. The first-order valence-electron chi connectivity index (χ1n) is 6.12. The van der Waals surface area contributed by atoms with Gasteiger partial charge in [-0.05, 0) is 13.0 Å². The molecule has 3 rings (SSSR count). The van der Waals surface area contributed by atoms with E-state index in [1.165, 1.54) is 0 Å². The lowest BCUT2D eigenvalue weighted by molar-refractivity contribution is 0.457. The maximum atomic E-state index is 10.0. The summed E-state index contributed by atoms with van der Waals surface area (Å²) in [4.78, 5) is 2.90. The summed E-state index contributed by atoms with van der Waals surface area (Å²) in [6, 6.07) is 15.3. The second-order valence-corrected chi connectivity index (χ2v) is 4.64. The van der Waals surface area contributed by atoms with Crippen LogP contribution in [-0.4, -0.2) is 15.8 Å². The molecule has 3 nitrogen and oxygen atoms in total. The molecule has 3 N–H and O–H groups in total. The fourth-order valence-electron chi connectivity index (χ4n) is 2.25. The van der Waals surface area contributed by atoms with Crippen molar-refractivity contribution in [1.82, 2.24) is 4.98 Å². The minimum absolute atomic E-state index is 0.0479. The monoisotopic (exact) mass is 250 g/mol. The molecule has 94 valence electrons. The molecule has 2 aromatic carbocycles. The Labute approximate surface area is 111 Å². The van der Waals surface area contributed by atoms with Crippen molar-refractivity contribution < 1.29 is 5.11 Å². The predicted octanol–water partition coefficient (Wildman–Crippen LogP) is 3.60. The number of aromatic hydroxyl groups is 1. The van der Waals surface area contributed by atoms with Crippen molar-refractivity contribution in [2.45, 2.75) is 6.92 Å². The highest BCUT2D eigenvalue weighted by Crippen LogP contribution is 2.29. The van der Waals surface area contributed by atoms with E-state index < -0.39 is 0 Å². The highest BCUT2D eigenvalue weighted by Gasteiger charge is 2.16. The number of hydrogen-bond donors (Lipinski definition) is 3. The van der Waals surface area contributed by atoms with Gasteiger partial charge in [0.15, 0.2) is 5.88 Å². The quantitative estimate of drug-likeness (QED) is 0.598. The minimum Gasteiger partial charge on any atom is -0.494 e. The third-order valence-electron chi connectivity index (χ3n) is 3.28. The summed E-state index contributed by atoms with van der Waals surface area (Å²) in [5.41, 5.74) is 3.67. The van der Waals surface area contributed by atoms with Crippen molar-refractivity contribution in [2.24, 2.45) is 0 Å². The van der Waals surface area contributed by atoms with Crippen molar-refractivity contribution in [3.8, 4) is 5.88 Å². The fourth-order valence-corrected chi connectivity index (χ4v) is 2.25. The summed E-state index contributed by atoms with van der Waals surface area (Å²) in [7, 11) is 0. The normalized spacial score (nSPS) is 10.8. The Kier molecular flexibility index (Phi) is 2.60. The molecule has 1 heterocycles. The largest absolute Gasteiger partial charge is 0.494 e. The molecule has 3 aromatic rings. The van der Waals surface area contributed by atoms with Crippen molar-refractivity contribution in [3.63, 3.8) is 0 Å². The summed E-state index contributed by atoms with van der Waals surface area (Å²) in [6.07, 6.45) is 0. The molecule has 0 fully saturated rings. The van der Waals surface area contributed by atoms with Crippen LogP contribution in [0.2, 0.25) is 0 Å². The molecule has 19 heavy (non-hydrogen) atoms. The van der Waals surface area contributed by atoms with Crippen molar-refractivity contribution in [1.29, 1.82) is 5.41 Å². The van der Waals surface area contributed by atoms with Gasteiger partial charge in [-0.15, -0.1) is 0 Å². The fraction of sp³-hybridized carbons (Fsp3) is 0.0625. The number of benzene rings is 2. The number of aryl methyl sites for hydroxylation is 1. The highest BCUT2D eigenvalue weighted by molar-refractivity contribution is 6.19. The Hall–Kier alpha value is -2.55. The zero-order valence-electron chi connectivity index (χ0n) is 10.6. The van der Waals surface area contributed by atoms with Gasteiger partial charge in [0.25, 0.3) is 0 Å². The van der Waals surface area contributed by atoms with Crippen LogP contribution in [-0.2, 0) is 0 Å². The molecule has 0 unspecified atom stereocenters. The summed E-state index contributed by atoms with van der Waals surface area (Å²) in [5.74, 6) is 0.0479. The molecule has 0 radical (unpaired) electrons. The highest BCUT2D eigenvalue weighted by atomic mass is 16.3. The summed E-state index contributed by atoms with van der Waals surface area (Å²) in [5, 5.41) is 19.2. The Morgan fingerprint density at radius 1 is 1.05 bits per heavy atom. The number of aromatic nitrogens is 1. The number of H-pyrrole nitrogens is 1. The van der Waals surface area contributed by atoms with Gasteiger partial charge in [0.1, 0.15) is 0 Å². The smallest absolute Gasteiger partial charge is 0.199 e. The molecule has 0 spiro atoms. The second-order valence-electron chi connectivity index (χ2n) is 4.64. The molecular weight excluding hydrogens is 236 g/mol. The van der Waals surface area contributed by atoms with E-state index in [0.717, 1.165) is 22.0 Å². The van der Waals surface area contributed by atoms with Crippen molar-refractivity contribution in [2.75, 3.05) is 0 Å². The summed E-state index contributed by atoms with van der Waals surface area (Å²) >= 11 is 0. The van der Waals surface area contributed by atoms with Crippen molar-refractivity contribution in [3.05, 3.63) is 65.2 Å². The number of rotatable bonds is 2. The second kappa shape index (κ2) is 4.28. The van der Waals surface area contributed by atoms with Crippen LogP contribution in [0.4, 0.5) is 0 Å². The van der Waals surface area contributed by atoms with E-state index in [1.807, 2.05) is 55.5 Å². The van der Waals surface area contributed by atoms with Gasteiger partial charge in [0.05, 0.1) is 11.3 Å². The molecule has 0 aliphatic heterocycles. The molecule has 1 aromatic heterocycles. The van der Waals surface area contributed by atoms with Crippen LogP contribution in [0.3, 0.4) is 0 Å². The molecule has 0 saturated carbocycles. The van der Waals surface area contributed by atoms with Crippen molar-refractivity contribution >= 4 is 16.6 Å². The Balaban J connectivity index is 2.16. The van der Waals surface area contributed by atoms with Crippen LogP contribution in [0.1, 0.15) is 16.7 Å². The van der Waals surface area contributed by atoms with Gasteiger partial charge in [-0.3, -0.25) is 5.41 Å². The molecule has 3 heteroatoms. The van der Waals surface area contributed by atoms with Crippen LogP contribution in [0.5, 0.6) is 5.88 Å². The molecule has 0 amide bonds. The van der Waals surface area contributed by atoms with Gasteiger partial charge in [0, 0.05) is 16.5 Å². The first-order valence-corrected chi connectivity index (χ1v) is 6.12. The van der Waals surface area contributed by atoms with Gasteiger partial charge in [0.2, 0.25) is 0 Å². The first-order chi connectivity index (χ1) is 9.16. The van der Waals surface area contributed by atoms with Crippen LogP contribution in [0.25, 0.3) is 10.9 Å². The van der Waals surface area contributed by atoms with Gasteiger partial charge in [-0.25, -0.2) is 0 Å². The maximum Gasteiger partial charge on any atom is 0.199 e. The Morgan fingerprint density at radius 2 is 1.74 bits per heavy atom. The third kappa shape index (κ3) is 1.89. The molecule has 0 atom stereocenters. The van der Waals surface area contributed by atoms with Gasteiger partial charge in [-0.2, -0.15) is 0 Å². The van der Waals surface area contributed by atoms with E-state index in [2.05, 4.69) is 4.98 Å². The predicted molar refractivity (Wildman–Crippen MR) is 77.1 cm³/mol. The van der Waals surface area contributed by atoms with E-state index in [1.54, 1.807) is 0 Å². The van der Waals surface area contributed by atoms with E-state index in [9.17, 15) is 5.11 Å². The van der Waals surface area contributed by atoms with Crippen LogP contribution >= 0.6 is 0 Å². The number of nitrogens with one attached hydrogen (secondary N) is 2.